The van der Waals surface area contributed by atoms with E-state index in [0.717, 1.165) is 25.7 Å². The molecule has 6 nitrogen and oxygen atoms in total. The van der Waals surface area contributed by atoms with Crippen LogP contribution in [-0.4, -0.2) is 31.2 Å². The third kappa shape index (κ3) is 4.79. The van der Waals surface area contributed by atoms with Gasteiger partial charge in [-0.2, -0.15) is 5.10 Å². The molecule has 2 rings (SSSR count). The van der Waals surface area contributed by atoms with Crippen LogP contribution in [0.25, 0.3) is 0 Å². The van der Waals surface area contributed by atoms with Gasteiger partial charge in [-0.05, 0) is 26.2 Å². The summed E-state index contributed by atoms with van der Waals surface area (Å²) in [6.45, 7) is 4.88. The van der Waals surface area contributed by atoms with Gasteiger partial charge in [0.2, 0.25) is 10.0 Å². The quantitative estimate of drug-likeness (QED) is 0.575. The summed E-state index contributed by atoms with van der Waals surface area (Å²) in [6.07, 6.45) is 6.55. The molecule has 1 fully saturated rings. The zero-order valence-corrected chi connectivity index (χ0v) is 13.7. The first-order valence-electron chi connectivity index (χ1n) is 7.81. The van der Waals surface area contributed by atoms with Crippen molar-refractivity contribution < 1.29 is 8.42 Å². The zero-order chi connectivity index (χ0) is 15.3. The summed E-state index contributed by atoms with van der Waals surface area (Å²) in [4.78, 5) is 0.311. The number of aromatic nitrogens is 2. The second-order valence-corrected chi connectivity index (χ2v) is 7.44. The maximum Gasteiger partial charge on any atom is 0.244 e. The maximum absolute atomic E-state index is 12.4. The lowest BCUT2D eigenvalue weighted by molar-refractivity contribution is 0.570. The molecule has 0 aliphatic heterocycles. The van der Waals surface area contributed by atoms with Gasteiger partial charge in [0.05, 0.1) is 11.4 Å². The molecule has 21 heavy (non-hydrogen) atoms. The van der Waals surface area contributed by atoms with Crippen molar-refractivity contribution in [3.8, 4) is 0 Å². The number of aryl methyl sites for hydroxylation is 1. The first kappa shape index (κ1) is 16.5. The molecule has 1 aliphatic rings. The molecule has 1 saturated carbocycles. The Morgan fingerprint density at radius 3 is 2.71 bits per heavy atom. The lowest BCUT2D eigenvalue weighted by atomic mass is 10.2. The fraction of sp³-hybridized carbons (Fsp3) is 0.786. The number of aromatic amines is 1. The van der Waals surface area contributed by atoms with E-state index in [1.165, 1.54) is 12.8 Å². The molecule has 1 aromatic heterocycles. The van der Waals surface area contributed by atoms with E-state index >= 15 is 0 Å². The van der Waals surface area contributed by atoms with Gasteiger partial charge in [-0.3, -0.25) is 5.10 Å². The van der Waals surface area contributed by atoms with Gasteiger partial charge < -0.3 is 5.32 Å². The third-order valence-electron chi connectivity index (χ3n) is 3.69. The van der Waals surface area contributed by atoms with E-state index in [9.17, 15) is 8.42 Å². The molecule has 7 heteroatoms. The minimum Gasteiger partial charge on any atom is -0.308 e. The van der Waals surface area contributed by atoms with Gasteiger partial charge >= 0.3 is 0 Å². The molecule has 0 spiro atoms. The number of unbranched alkanes of at least 4 members (excludes halogenated alkanes) is 3. The standard InChI is InChI=1S/C14H26N4O2S/c1-3-4-5-6-9-16-21(19,20)14-11(2)17-18-13(14)10-15-12-7-8-12/h12,15-16H,3-10H2,1-2H3,(H,17,18). The van der Waals surface area contributed by atoms with Crippen molar-refractivity contribution in [2.75, 3.05) is 6.54 Å². The summed E-state index contributed by atoms with van der Waals surface area (Å²) >= 11 is 0. The lowest BCUT2D eigenvalue weighted by Gasteiger charge is -2.08. The average molecular weight is 314 g/mol. The smallest absolute Gasteiger partial charge is 0.244 e. The van der Waals surface area contributed by atoms with Gasteiger partial charge in [0.25, 0.3) is 0 Å². The molecule has 0 radical (unpaired) electrons. The molecule has 1 aromatic rings. The van der Waals surface area contributed by atoms with Crippen LogP contribution < -0.4 is 10.0 Å². The van der Waals surface area contributed by atoms with Gasteiger partial charge in [0.15, 0.2) is 0 Å². The Kier molecular flexibility index (Phi) is 5.78. The van der Waals surface area contributed by atoms with E-state index < -0.39 is 10.0 Å². The number of hydrogen-bond donors (Lipinski definition) is 3. The molecule has 1 aliphatic carbocycles. The molecule has 0 amide bonds. The SMILES string of the molecule is CCCCCCNS(=O)(=O)c1c(CNC2CC2)n[nH]c1C. The summed E-state index contributed by atoms with van der Waals surface area (Å²) < 4.78 is 27.5. The normalized spacial score (nSPS) is 15.5. The number of sulfonamides is 1. The van der Waals surface area contributed by atoms with E-state index in [1.54, 1.807) is 6.92 Å². The Balaban J connectivity index is 1.95. The monoisotopic (exact) mass is 314 g/mol. The summed E-state index contributed by atoms with van der Waals surface area (Å²) in [6, 6.07) is 0.527. The van der Waals surface area contributed by atoms with Crippen molar-refractivity contribution in [2.45, 2.75) is 69.9 Å². The van der Waals surface area contributed by atoms with Crippen LogP contribution in [0.1, 0.15) is 56.8 Å². The predicted octanol–water partition coefficient (Wildman–Crippen LogP) is 1.83. The van der Waals surface area contributed by atoms with Gasteiger partial charge in [-0.25, -0.2) is 13.1 Å². The Bertz CT molecular complexity index is 549. The molecule has 0 unspecified atom stereocenters. The highest BCUT2D eigenvalue weighted by molar-refractivity contribution is 7.89. The first-order chi connectivity index (χ1) is 10.0. The Labute approximate surface area is 127 Å². The van der Waals surface area contributed by atoms with Crippen molar-refractivity contribution in [1.29, 1.82) is 0 Å². The zero-order valence-electron chi connectivity index (χ0n) is 12.9. The third-order valence-corrected chi connectivity index (χ3v) is 5.35. The van der Waals surface area contributed by atoms with Gasteiger partial charge in [0.1, 0.15) is 4.90 Å². The van der Waals surface area contributed by atoms with Crippen LogP contribution in [0, 0.1) is 6.92 Å². The molecule has 0 aromatic carbocycles. The van der Waals surface area contributed by atoms with Crippen molar-refractivity contribution in [3.63, 3.8) is 0 Å². The first-order valence-corrected chi connectivity index (χ1v) is 9.29. The molecule has 0 saturated heterocycles. The van der Waals surface area contributed by atoms with E-state index in [4.69, 9.17) is 0 Å². The molecule has 1 heterocycles. The Morgan fingerprint density at radius 1 is 1.29 bits per heavy atom. The van der Waals surface area contributed by atoms with Crippen molar-refractivity contribution >= 4 is 10.0 Å². The second kappa shape index (κ2) is 7.38. The largest absolute Gasteiger partial charge is 0.308 e. The number of nitrogens with zero attached hydrogens (tertiary/aromatic N) is 1. The fourth-order valence-electron chi connectivity index (χ4n) is 2.30. The van der Waals surface area contributed by atoms with Crippen LogP contribution in [0.5, 0.6) is 0 Å². The van der Waals surface area contributed by atoms with Crippen molar-refractivity contribution in [2.24, 2.45) is 0 Å². The molecule has 0 atom stereocenters. The summed E-state index contributed by atoms with van der Waals surface area (Å²) in [5.74, 6) is 0. The molecule has 3 N–H and O–H groups in total. The van der Waals surface area contributed by atoms with Crippen LogP contribution in [0.15, 0.2) is 4.90 Å². The Hall–Kier alpha value is -0.920. The van der Waals surface area contributed by atoms with Gasteiger partial charge in [-0.15, -0.1) is 0 Å². The van der Waals surface area contributed by atoms with E-state index in [2.05, 4.69) is 27.2 Å². The second-order valence-electron chi connectivity index (χ2n) is 5.74. The van der Waals surface area contributed by atoms with Crippen LogP contribution >= 0.6 is 0 Å². The van der Waals surface area contributed by atoms with E-state index in [-0.39, 0.29) is 0 Å². The van der Waals surface area contributed by atoms with E-state index in [1.807, 2.05) is 0 Å². The van der Waals surface area contributed by atoms with Crippen LogP contribution in [-0.2, 0) is 16.6 Å². The van der Waals surface area contributed by atoms with E-state index in [0.29, 0.717) is 35.4 Å². The molecular weight excluding hydrogens is 288 g/mol. The highest BCUT2D eigenvalue weighted by Crippen LogP contribution is 2.22. The maximum atomic E-state index is 12.4. The molecule has 0 bridgehead atoms. The van der Waals surface area contributed by atoms with Crippen LogP contribution in [0.4, 0.5) is 0 Å². The minimum atomic E-state index is -3.48. The highest BCUT2D eigenvalue weighted by Gasteiger charge is 2.26. The lowest BCUT2D eigenvalue weighted by Crippen LogP contribution is -2.27. The number of hydrogen-bond acceptors (Lipinski definition) is 4. The van der Waals surface area contributed by atoms with Gasteiger partial charge in [0, 0.05) is 19.1 Å². The topological polar surface area (TPSA) is 86.9 Å². The summed E-state index contributed by atoms with van der Waals surface area (Å²) in [5.41, 5.74) is 1.18. The minimum absolute atomic E-state index is 0.311. The van der Waals surface area contributed by atoms with Crippen molar-refractivity contribution in [3.05, 3.63) is 11.4 Å². The van der Waals surface area contributed by atoms with Gasteiger partial charge in [-0.1, -0.05) is 26.2 Å². The predicted molar refractivity (Wildman–Crippen MR) is 82.5 cm³/mol. The average Bonchev–Trinajstić information content (AvgIpc) is 3.18. The molecule has 120 valence electrons. The Morgan fingerprint density at radius 2 is 2.05 bits per heavy atom. The van der Waals surface area contributed by atoms with Crippen LogP contribution in [0.2, 0.25) is 0 Å². The summed E-state index contributed by atoms with van der Waals surface area (Å²) in [7, 11) is -3.48. The molecular formula is C14H26N4O2S. The number of nitrogens with one attached hydrogen (secondary N) is 3. The van der Waals surface area contributed by atoms with Crippen molar-refractivity contribution in [1.82, 2.24) is 20.2 Å². The number of H-pyrrole nitrogens is 1. The number of rotatable bonds is 10. The fourth-order valence-corrected chi connectivity index (χ4v) is 3.74. The highest BCUT2D eigenvalue weighted by atomic mass is 32.2. The van der Waals surface area contributed by atoms with Crippen LogP contribution in [0.3, 0.4) is 0 Å². The summed E-state index contributed by atoms with van der Waals surface area (Å²) in [5, 5.41) is 10.2.